The number of hydrogen-bond acceptors (Lipinski definition) is 7. The third-order valence-electron chi connectivity index (χ3n) is 5.60. The van der Waals surface area contributed by atoms with Crippen molar-refractivity contribution in [3.8, 4) is 0 Å². The van der Waals surface area contributed by atoms with E-state index in [0.717, 1.165) is 34.4 Å². The van der Waals surface area contributed by atoms with E-state index in [1.807, 2.05) is 19.9 Å². The molecule has 1 aliphatic heterocycles. The highest BCUT2D eigenvalue weighted by atomic mass is 35.5. The van der Waals surface area contributed by atoms with Crippen molar-refractivity contribution < 1.29 is 14.5 Å². The number of ether oxygens (including phenoxy) is 1. The van der Waals surface area contributed by atoms with Gasteiger partial charge in [-0.05, 0) is 43.2 Å². The summed E-state index contributed by atoms with van der Waals surface area (Å²) in [6.45, 7) is 7.98. The fourth-order valence-electron chi connectivity index (χ4n) is 3.57. The Morgan fingerprint density at radius 1 is 1.25 bits per heavy atom. The van der Waals surface area contributed by atoms with Crippen molar-refractivity contribution in [1.82, 2.24) is 9.88 Å². The largest absolute Gasteiger partial charge is 0.379 e. The van der Waals surface area contributed by atoms with Gasteiger partial charge >= 0.3 is 0 Å². The molecule has 2 aromatic carbocycles. The van der Waals surface area contributed by atoms with Crippen LogP contribution in [0.25, 0.3) is 10.2 Å². The first-order valence-electron chi connectivity index (χ1n) is 10.3. The molecule has 2 heterocycles. The number of nitro benzene ring substituents is 1. The second-order valence-electron chi connectivity index (χ2n) is 7.73. The molecule has 3 aromatic rings. The minimum Gasteiger partial charge on any atom is -0.379 e. The van der Waals surface area contributed by atoms with Gasteiger partial charge in [-0.15, -0.1) is 0 Å². The van der Waals surface area contributed by atoms with E-state index < -0.39 is 10.8 Å². The van der Waals surface area contributed by atoms with Gasteiger partial charge < -0.3 is 4.74 Å². The molecule has 0 spiro atoms. The fraction of sp³-hybridized carbons (Fsp3) is 0.364. The first-order chi connectivity index (χ1) is 15.3. The van der Waals surface area contributed by atoms with E-state index in [4.69, 9.17) is 21.3 Å². The summed E-state index contributed by atoms with van der Waals surface area (Å²) < 4.78 is 6.39. The number of carbonyl (C=O) groups excluding carboxylic acids is 1. The molecule has 0 radical (unpaired) electrons. The number of fused-ring (bicyclic) bond motifs is 1. The van der Waals surface area contributed by atoms with Crippen molar-refractivity contribution in [2.45, 2.75) is 13.8 Å². The number of anilines is 1. The molecule has 1 aromatic heterocycles. The molecule has 32 heavy (non-hydrogen) atoms. The van der Waals surface area contributed by atoms with Crippen LogP contribution in [0.1, 0.15) is 21.5 Å². The van der Waals surface area contributed by atoms with Crippen LogP contribution in [0.3, 0.4) is 0 Å². The van der Waals surface area contributed by atoms with Crippen molar-refractivity contribution in [2.24, 2.45) is 0 Å². The lowest BCUT2D eigenvalue weighted by molar-refractivity contribution is -0.384. The molecule has 0 saturated carbocycles. The van der Waals surface area contributed by atoms with Gasteiger partial charge in [-0.3, -0.25) is 24.7 Å². The average Bonchev–Trinajstić information content (AvgIpc) is 3.17. The second kappa shape index (κ2) is 9.50. The lowest BCUT2D eigenvalue weighted by Crippen LogP contribution is -2.43. The van der Waals surface area contributed by atoms with E-state index in [-0.39, 0.29) is 16.3 Å². The standard InChI is InChI=1S/C22H23ClN4O4S/c1-14-11-19-20(12-15(14)2)32-22(24-19)26(6-5-25-7-9-31-10-8-25)21(28)17-13-16(27(29)30)3-4-18(17)23/h3-4,11-13H,5-10H2,1-2H3. The maximum atomic E-state index is 13.6. The molecule has 0 bridgehead atoms. The number of non-ortho nitro benzene ring substituents is 1. The molecule has 1 saturated heterocycles. The number of nitro groups is 1. The number of nitrogens with zero attached hydrogens (tertiary/aromatic N) is 4. The van der Waals surface area contributed by atoms with E-state index in [2.05, 4.69) is 11.0 Å². The zero-order chi connectivity index (χ0) is 22.8. The van der Waals surface area contributed by atoms with Crippen molar-refractivity contribution in [3.05, 3.63) is 62.2 Å². The molecule has 0 unspecified atom stereocenters. The van der Waals surface area contributed by atoms with Crippen LogP contribution in [0.15, 0.2) is 30.3 Å². The molecule has 1 amide bonds. The van der Waals surface area contributed by atoms with Crippen LogP contribution < -0.4 is 4.90 Å². The summed E-state index contributed by atoms with van der Waals surface area (Å²) >= 11 is 7.71. The average molecular weight is 475 g/mol. The lowest BCUT2D eigenvalue weighted by atomic mass is 10.1. The smallest absolute Gasteiger partial charge is 0.270 e. The molecule has 168 valence electrons. The van der Waals surface area contributed by atoms with Gasteiger partial charge in [0.25, 0.3) is 11.6 Å². The SMILES string of the molecule is Cc1cc2nc(N(CCN3CCOCC3)C(=O)c3cc([N+](=O)[O-])ccc3Cl)sc2cc1C. The van der Waals surface area contributed by atoms with Crippen molar-refractivity contribution >= 4 is 49.9 Å². The van der Waals surface area contributed by atoms with E-state index in [9.17, 15) is 14.9 Å². The topological polar surface area (TPSA) is 88.8 Å². The number of halogens is 1. The van der Waals surface area contributed by atoms with E-state index in [1.54, 1.807) is 4.90 Å². The first-order valence-corrected chi connectivity index (χ1v) is 11.5. The minimum atomic E-state index is -0.533. The van der Waals surface area contributed by atoms with Crippen LogP contribution in [-0.4, -0.2) is 60.1 Å². The van der Waals surface area contributed by atoms with Gasteiger partial charge in [0.1, 0.15) is 0 Å². The van der Waals surface area contributed by atoms with Crippen molar-refractivity contribution in [2.75, 3.05) is 44.3 Å². The predicted molar refractivity (Wildman–Crippen MR) is 126 cm³/mol. The molecule has 8 nitrogen and oxygen atoms in total. The van der Waals surface area contributed by atoms with Crippen LogP contribution in [0.2, 0.25) is 5.02 Å². The number of thiazole rings is 1. The Labute approximate surface area is 194 Å². The summed E-state index contributed by atoms with van der Waals surface area (Å²) in [6, 6.07) is 7.99. The molecular formula is C22H23ClN4O4S. The zero-order valence-corrected chi connectivity index (χ0v) is 19.4. The number of aryl methyl sites for hydroxylation is 2. The summed E-state index contributed by atoms with van der Waals surface area (Å²) in [7, 11) is 0. The number of carbonyl (C=O) groups is 1. The quantitative estimate of drug-likeness (QED) is 0.387. The Morgan fingerprint density at radius 2 is 1.97 bits per heavy atom. The molecule has 0 N–H and O–H groups in total. The van der Waals surface area contributed by atoms with Gasteiger partial charge in [0.15, 0.2) is 5.13 Å². The van der Waals surface area contributed by atoms with E-state index >= 15 is 0 Å². The van der Waals surface area contributed by atoms with Gasteiger partial charge in [-0.1, -0.05) is 22.9 Å². The summed E-state index contributed by atoms with van der Waals surface area (Å²) in [5, 5.41) is 12.0. The first kappa shape index (κ1) is 22.6. The molecule has 1 fully saturated rings. The Balaban J connectivity index is 1.71. The molecule has 1 aliphatic rings. The monoisotopic (exact) mass is 474 g/mol. The molecule has 0 atom stereocenters. The zero-order valence-electron chi connectivity index (χ0n) is 17.8. The predicted octanol–water partition coefficient (Wildman–Crippen LogP) is 4.45. The van der Waals surface area contributed by atoms with Gasteiger partial charge in [0.05, 0.1) is 38.9 Å². The van der Waals surface area contributed by atoms with Gasteiger partial charge in [0, 0.05) is 38.3 Å². The highest BCUT2D eigenvalue weighted by molar-refractivity contribution is 7.22. The number of benzene rings is 2. The minimum absolute atomic E-state index is 0.0921. The Hall–Kier alpha value is -2.59. The molecule has 4 rings (SSSR count). The van der Waals surface area contributed by atoms with Crippen LogP contribution in [0, 0.1) is 24.0 Å². The van der Waals surface area contributed by atoms with Gasteiger partial charge in [-0.25, -0.2) is 4.98 Å². The Morgan fingerprint density at radius 3 is 2.69 bits per heavy atom. The lowest BCUT2D eigenvalue weighted by Gasteiger charge is -2.29. The number of rotatable bonds is 6. The normalized spacial score (nSPS) is 14.6. The van der Waals surface area contributed by atoms with E-state index in [1.165, 1.54) is 29.5 Å². The number of morpholine rings is 1. The Kier molecular flexibility index (Phi) is 6.71. The molecule has 0 aliphatic carbocycles. The highest BCUT2D eigenvalue weighted by Crippen LogP contribution is 2.33. The summed E-state index contributed by atoms with van der Waals surface area (Å²) in [4.78, 5) is 32.8. The maximum Gasteiger partial charge on any atom is 0.270 e. The molecule has 10 heteroatoms. The van der Waals surface area contributed by atoms with Crippen LogP contribution in [0.4, 0.5) is 10.8 Å². The summed E-state index contributed by atoms with van der Waals surface area (Å²) in [6.07, 6.45) is 0. The van der Waals surface area contributed by atoms with Crippen molar-refractivity contribution in [3.63, 3.8) is 0 Å². The van der Waals surface area contributed by atoms with Crippen LogP contribution in [0.5, 0.6) is 0 Å². The molecular weight excluding hydrogens is 452 g/mol. The van der Waals surface area contributed by atoms with Gasteiger partial charge in [0.2, 0.25) is 0 Å². The number of hydrogen-bond donors (Lipinski definition) is 0. The van der Waals surface area contributed by atoms with Crippen molar-refractivity contribution in [1.29, 1.82) is 0 Å². The second-order valence-corrected chi connectivity index (χ2v) is 9.15. The number of amides is 1. The highest BCUT2D eigenvalue weighted by Gasteiger charge is 2.26. The van der Waals surface area contributed by atoms with E-state index in [0.29, 0.717) is 31.4 Å². The van der Waals surface area contributed by atoms with Gasteiger partial charge in [-0.2, -0.15) is 0 Å². The third-order valence-corrected chi connectivity index (χ3v) is 6.97. The maximum absolute atomic E-state index is 13.6. The fourth-order valence-corrected chi connectivity index (χ4v) is 4.84. The summed E-state index contributed by atoms with van der Waals surface area (Å²) in [5.41, 5.74) is 3.01. The summed E-state index contributed by atoms with van der Waals surface area (Å²) in [5.74, 6) is -0.403. The third kappa shape index (κ3) is 4.75. The number of aromatic nitrogens is 1. The van der Waals surface area contributed by atoms with Crippen LogP contribution in [-0.2, 0) is 4.74 Å². The Bertz CT molecular complexity index is 1140. The van der Waals surface area contributed by atoms with Crippen LogP contribution >= 0.6 is 22.9 Å².